The zero-order chi connectivity index (χ0) is 12.0. The van der Waals surface area contributed by atoms with Gasteiger partial charge in [-0.1, -0.05) is 36.2 Å². The van der Waals surface area contributed by atoms with Crippen LogP contribution in [0, 0.1) is 0 Å². The maximum Gasteiger partial charge on any atom is 0.261 e. The second-order valence-corrected chi connectivity index (χ2v) is 6.18. The van der Waals surface area contributed by atoms with E-state index in [2.05, 4.69) is 35.1 Å². The van der Waals surface area contributed by atoms with Crippen LogP contribution < -0.4 is 5.32 Å². The van der Waals surface area contributed by atoms with Gasteiger partial charge in [-0.2, -0.15) is 0 Å². The highest BCUT2D eigenvalue weighted by molar-refractivity contribution is 9.09. The van der Waals surface area contributed by atoms with Gasteiger partial charge in [0.15, 0.2) is 0 Å². The van der Waals surface area contributed by atoms with Gasteiger partial charge < -0.3 is 5.32 Å². The largest absolute Gasteiger partial charge is 0.350 e. The van der Waals surface area contributed by atoms with Crippen molar-refractivity contribution in [2.75, 3.05) is 6.54 Å². The molecule has 0 radical (unpaired) electrons. The van der Waals surface area contributed by atoms with Crippen LogP contribution in [0.25, 0.3) is 0 Å². The highest BCUT2D eigenvalue weighted by Crippen LogP contribution is 2.16. The van der Waals surface area contributed by atoms with Crippen molar-refractivity contribution in [2.24, 2.45) is 0 Å². The monoisotopic (exact) mass is 303 g/mol. The van der Waals surface area contributed by atoms with Crippen molar-refractivity contribution in [1.29, 1.82) is 0 Å². The second-order valence-electron chi connectivity index (χ2n) is 3.72. The second kappa shape index (κ2) is 7.07. The maximum absolute atomic E-state index is 11.8. The summed E-state index contributed by atoms with van der Waals surface area (Å²) < 4.78 is 0. The van der Waals surface area contributed by atoms with E-state index in [1.807, 2.05) is 12.1 Å². The molecule has 1 amide bonds. The van der Waals surface area contributed by atoms with Crippen LogP contribution in [0.4, 0.5) is 0 Å². The zero-order valence-electron chi connectivity index (χ0n) is 9.75. The SMILES string of the molecule is CCCC(Br)CNC(=O)c1ccc(CC)s1. The van der Waals surface area contributed by atoms with Crippen molar-refractivity contribution in [3.63, 3.8) is 0 Å². The van der Waals surface area contributed by atoms with Gasteiger partial charge in [-0.05, 0) is 25.0 Å². The first-order valence-electron chi connectivity index (χ1n) is 5.68. The van der Waals surface area contributed by atoms with Crippen LogP contribution in [0.5, 0.6) is 0 Å². The van der Waals surface area contributed by atoms with E-state index in [0.29, 0.717) is 11.4 Å². The molecule has 0 saturated carbocycles. The molecular formula is C12H18BrNOS. The molecule has 2 nitrogen and oxygen atoms in total. The Labute approximate surface area is 110 Å². The van der Waals surface area contributed by atoms with Crippen LogP contribution in [0.1, 0.15) is 41.2 Å². The Morgan fingerprint density at radius 1 is 1.50 bits per heavy atom. The third kappa shape index (κ3) is 4.26. The lowest BCUT2D eigenvalue weighted by molar-refractivity contribution is 0.0957. The van der Waals surface area contributed by atoms with Gasteiger partial charge in [-0.15, -0.1) is 11.3 Å². The van der Waals surface area contributed by atoms with Crippen molar-refractivity contribution < 1.29 is 4.79 Å². The number of amides is 1. The van der Waals surface area contributed by atoms with Gasteiger partial charge in [0.05, 0.1) is 4.88 Å². The van der Waals surface area contributed by atoms with Gasteiger partial charge in [-0.25, -0.2) is 0 Å². The molecule has 0 aliphatic heterocycles. The molecule has 0 spiro atoms. The number of nitrogens with one attached hydrogen (secondary N) is 1. The highest BCUT2D eigenvalue weighted by atomic mass is 79.9. The maximum atomic E-state index is 11.8. The van der Waals surface area contributed by atoms with Gasteiger partial charge in [0.25, 0.3) is 5.91 Å². The molecule has 1 N–H and O–H groups in total. The summed E-state index contributed by atoms with van der Waals surface area (Å²) in [5.74, 6) is 0.0465. The van der Waals surface area contributed by atoms with Crippen LogP contribution in [-0.2, 0) is 6.42 Å². The van der Waals surface area contributed by atoms with E-state index in [-0.39, 0.29) is 5.91 Å². The summed E-state index contributed by atoms with van der Waals surface area (Å²) >= 11 is 5.13. The first kappa shape index (κ1) is 13.7. The molecule has 0 saturated heterocycles. The molecular weight excluding hydrogens is 286 g/mol. The number of alkyl halides is 1. The molecule has 90 valence electrons. The molecule has 1 atom stereocenters. The van der Waals surface area contributed by atoms with Gasteiger partial charge in [-0.3, -0.25) is 4.79 Å². The van der Waals surface area contributed by atoms with Crippen LogP contribution in [0.15, 0.2) is 12.1 Å². The fourth-order valence-corrected chi connectivity index (χ4v) is 2.88. The van der Waals surface area contributed by atoms with Crippen molar-refractivity contribution in [2.45, 2.75) is 37.9 Å². The molecule has 0 aliphatic carbocycles. The van der Waals surface area contributed by atoms with Crippen LogP contribution in [-0.4, -0.2) is 17.3 Å². The molecule has 1 unspecified atom stereocenters. The van der Waals surface area contributed by atoms with E-state index >= 15 is 0 Å². The average Bonchev–Trinajstić information content (AvgIpc) is 2.75. The summed E-state index contributed by atoms with van der Waals surface area (Å²) in [6.45, 7) is 4.94. The Bertz CT molecular complexity index is 338. The molecule has 0 fully saturated rings. The van der Waals surface area contributed by atoms with E-state index in [9.17, 15) is 4.79 Å². The molecule has 0 aromatic carbocycles. The smallest absolute Gasteiger partial charge is 0.261 e. The molecule has 1 aromatic rings. The Balaban J connectivity index is 2.40. The van der Waals surface area contributed by atoms with Gasteiger partial charge in [0.1, 0.15) is 0 Å². The number of rotatable bonds is 6. The standard InChI is InChI=1S/C12H18BrNOS/c1-3-5-9(13)8-14-12(15)11-7-6-10(4-2)16-11/h6-7,9H,3-5,8H2,1-2H3,(H,14,15). The molecule has 0 aliphatic rings. The van der Waals surface area contributed by atoms with Crippen molar-refractivity contribution >= 4 is 33.2 Å². The van der Waals surface area contributed by atoms with E-state index in [1.54, 1.807) is 11.3 Å². The normalized spacial score (nSPS) is 12.4. The molecule has 0 bridgehead atoms. The molecule has 1 rings (SSSR count). The Hall–Kier alpha value is -0.350. The summed E-state index contributed by atoms with van der Waals surface area (Å²) in [6, 6.07) is 3.93. The number of carbonyl (C=O) groups is 1. The van der Waals surface area contributed by atoms with Gasteiger partial charge in [0, 0.05) is 16.2 Å². The number of aryl methyl sites for hydroxylation is 1. The summed E-state index contributed by atoms with van der Waals surface area (Å²) in [5, 5.41) is 2.95. The third-order valence-corrected chi connectivity index (χ3v) is 4.33. The summed E-state index contributed by atoms with van der Waals surface area (Å²) in [7, 11) is 0. The number of carbonyl (C=O) groups excluding carboxylic acids is 1. The first-order valence-corrected chi connectivity index (χ1v) is 7.41. The lowest BCUT2D eigenvalue weighted by Gasteiger charge is -2.08. The average molecular weight is 304 g/mol. The zero-order valence-corrected chi connectivity index (χ0v) is 12.2. The summed E-state index contributed by atoms with van der Waals surface area (Å²) in [4.78, 5) is 14.2. The van der Waals surface area contributed by atoms with Crippen molar-refractivity contribution in [3.8, 4) is 0 Å². The minimum Gasteiger partial charge on any atom is -0.350 e. The minimum atomic E-state index is 0.0465. The lowest BCUT2D eigenvalue weighted by Crippen LogP contribution is -2.28. The van der Waals surface area contributed by atoms with Crippen LogP contribution >= 0.6 is 27.3 Å². The van der Waals surface area contributed by atoms with E-state index in [0.717, 1.165) is 24.1 Å². The minimum absolute atomic E-state index is 0.0465. The Morgan fingerprint density at radius 2 is 2.25 bits per heavy atom. The Morgan fingerprint density at radius 3 is 2.81 bits per heavy atom. The van der Waals surface area contributed by atoms with Gasteiger partial charge >= 0.3 is 0 Å². The number of halogens is 1. The van der Waals surface area contributed by atoms with E-state index < -0.39 is 0 Å². The third-order valence-electron chi connectivity index (χ3n) is 2.32. The molecule has 16 heavy (non-hydrogen) atoms. The van der Waals surface area contributed by atoms with Gasteiger partial charge in [0.2, 0.25) is 0 Å². The molecule has 1 heterocycles. The molecule has 4 heteroatoms. The predicted octanol–water partition coefficient (Wildman–Crippen LogP) is 3.60. The highest BCUT2D eigenvalue weighted by Gasteiger charge is 2.10. The number of thiophene rings is 1. The van der Waals surface area contributed by atoms with E-state index in [1.165, 1.54) is 4.88 Å². The number of hydrogen-bond donors (Lipinski definition) is 1. The van der Waals surface area contributed by atoms with Crippen LogP contribution in [0.3, 0.4) is 0 Å². The van der Waals surface area contributed by atoms with Crippen molar-refractivity contribution in [3.05, 3.63) is 21.9 Å². The first-order chi connectivity index (χ1) is 7.67. The quantitative estimate of drug-likeness (QED) is 0.799. The van der Waals surface area contributed by atoms with E-state index in [4.69, 9.17) is 0 Å². The fraction of sp³-hybridized carbons (Fsp3) is 0.583. The van der Waals surface area contributed by atoms with Crippen molar-refractivity contribution in [1.82, 2.24) is 5.32 Å². The Kier molecular flexibility index (Phi) is 6.06. The summed E-state index contributed by atoms with van der Waals surface area (Å²) in [5.41, 5.74) is 0. The summed E-state index contributed by atoms with van der Waals surface area (Å²) in [6.07, 6.45) is 3.21. The topological polar surface area (TPSA) is 29.1 Å². The fourth-order valence-electron chi connectivity index (χ4n) is 1.40. The number of hydrogen-bond acceptors (Lipinski definition) is 2. The molecule has 1 aromatic heterocycles. The van der Waals surface area contributed by atoms with Crippen LogP contribution in [0.2, 0.25) is 0 Å². The predicted molar refractivity (Wildman–Crippen MR) is 73.7 cm³/mol. The lowest BCUT2D eigenvalue weighted by atomic mass is 10.2.